The van der Waals surface area contributed by atoms with E-state index < -0.39 is 20.0 Å². The first-order valence-electron chi connectivity index (χ1n) is 4.79. The predicted molar refractivity (Wildman–Crippen MR) is 58.7 cm³/mol. The van der Waals surface area contributed by atoms with E-state index >= 15 is 0 Å². The van der Waals surface area contributed by atoms with Crippen molar-refractivity contribution in [3.63, 3.8) is 0 Å². The number of nitrogens with one attached hydrogen (secondary N) is 1. The molecule has 0 fully saturated rings. The summed E-state index contributed by atoms with van der Waals surface area (Å²) < 4.78 is 36.6. The summed E-state index contributed by atoms with van der Waals surface area (Å²) in [4.78, 5) is 0. The van der Waals surface area contributed by atoms with Crippen molar-refractivity contribution < 1.29 is 12.9 Å². The molecule has 15 heavy (non-hydrogen) atoms. The SMILES string of the molecule is F[B-](F)(F)CB1C=Cc2ccccc2N1. The second-order valence-corrected chi connectivity index (χ2v) is 3.64. The standard InChI is InChI=1S/C9H9B2F3N/c12-11(13,14)7-10-6-5-8-3-1-2-4-9(8)15-10/h1-6,15H,7H2/q-1. The van der Waals surface area contributed by atoms with Gasteiger partial charge < -0.3 is 18.2 Å². The minimum Gasteiger partial charge on any atom is -0.449 e. The number of hydrogen-bond donors (Lipinski definition) is 1. The molecule has 0 atom stereocenters. The molecule has 1 heterocycles. The lowest BCUT2D eigenvalue weighted by Gasteiger charge is -2.23. The van der Waals surface area contributed by atoms with Gasteiger partial charge in [0.25, 0.3) is 6.85 Å². The van der Waals surface area contributed by atoms with Crippen LogP contribution in [-0.2, 0) is 0 Å². The van der Waals surface area contributed by atoms with Gasteiger partial charge in [0.05, 0.1) is 0 Å². The van der Waals surface area contributed by atoms with Gasteiger partial charge in [-0.3, -0.25) is 0 Å². The van der Waals surface area contributed by atoms with Gasteiger partial charge in [0.15, 0.2) is 0 Å². The van der Waals surface area contributed by atoms with Crippen LogP contribution in [0.3, 0.4) is 0 Å². The van der Waals surface area contributed by atoms with Gasteiger partial charge in [0.1, 0.15) is 0 Å². The Kier molecular flexibility index (Phi) is 2.50. The molecule has 2 rings (SSSR count). The summed E-state index contributed by atoms with van der Waals surface area (Å²) in [6, 6.07) is 7.32. The molecule has 0 amide bonds. The third-order valence-corrected chi connectivity index (χ3v) is 2.33. The second-order valence-electron chi connectivity index (χ2n) is 3.64. The first kappa shape index (κ1) is 10.2. The van der Waals surface area contributed by atoms with Crippen molar-refractivity contribution in [1.29, 1.82) is 0 Å². The van der Waals surface area contributed by atoms with Crippen molar-refractivity contribution in [2.75, 3.05) is 5.23 Å². The smallest absolute Gasteiger partial charge is 0.449 e. The average molecular weight is 210 g/mol. The molecular weight excluding hydrogens is 201 g/mol. The quantitative estimate of drug-likeness (QED) is 0.739. The summed E-state index contributed by atoms with van der Waals surface area (Å²) in [5.41, 5.74) is 1.70. The molecule has 1 N–H and O–H groups in total. The van der Waals surface area contributed by atoms with Gasteiger partial charge >= 0.3 is 6.98 Å². The Morgan fingerprint density at radius 1 is 1.20 bits per heavy atom. The Bertz CT molecular complexity index is 389. The van der Waals surface area contributed by atoms with E-state index in [9.17, 15) is 12.9 Å². The van der Waals surface area contributed by atoms with Crippen molar-refractivity contribution in [2.45, 2.75) is 6.22 Å². The fraction of sp³-hybridized carbons (Fsp3) is 0.111. The van der Waals surface area contributed by atoms with Crippen LogP contribution < -0.4 is 5.23 Å². The van der Waals surface area contributed by atoms with E-state index in [-0.39, 0.29) is 0 Å². The molecule has 0 aromatic heterocycles. The molecule has 6 heteroatoms. The number of halogens is 3. The lowest BCUT2D eigenvalue weighted by molar-refractivity contribution is 0.482. The predicted octanol–water partition coefficient (Wildman–Crippen LogP) is 3.04. The maximum absolute atomic E-state index is 12.2. The van der Waals surface area contributed by atoms with Crippen LogP contribution in [0.15, 0.2) is 30.2 Å². The van der Waals surface area contributed by atoms with E-state index in [1.165, 1.54) is 0 Å². The van der Waals surface area contributed by atoms with Crippen LogP contribution in [0, 0.1) is 0 Å². The van der Waals surface area contributed by atoms with Crippen LogP contribution in [0.4, 0.5) is 18.6 Å². The number of para-hydroxylation sites is 1. The van der Waals surface area contributed by atoms with E-state index in [0.29, 0.717) is 0 Å². The molecule has 1 nitrogen and oxygen atoms in total. The fourth-order valence-corrected chi connectivity index (χ4v) is 1.67. The molecule has 0 saturated heterocycles. The van der Waals surface area contributed by atoms with Crippen LogP contribution in [0.5, 0.6) is 0 Å². The van der Waals surface area contributed by atoms with Crippen molar-refractivity contribution in [3.05, 3.63) is 35.8 Å². The fourth-order valence-electron chi connectivity index (χ4n) is 1.67. The number of hydrogen-bond acceptors (Lipinski definition) is 1. The average Bonchev–Trinajstić information content (AvgIpc) is 2.15. The normalized spacial score (nSPS) is 14.7. The number of fused-ring (bicyclic) bond motifs is 1. The van der Waals surface area contributed by atoms with E-state index in [1.54, 1.807) is 24.2 Å². The van der Waals surface area contributed by atoms with E-state index in [2.05, 4.69) is 5.23 Å². The van der Waals surface area contributed by atoms with Gasteiger partial charge in [-0.15, -0.1) is 0 Å². The zero-order valence-corrected chi connectivity index (χ0v) is 7.96. The van der Waals surface area contributed by atoms with Gasteiger partial charge in [-0.1, -0.05) is 36.5 Å². The summed E-state index contributed by atoms with van der Waals surface area (Å²) in [6.07, 6.45) is 0.961. The maximum atomic E-state index is 12.2. The van der Waals surface area contributed by atoms with Crippen LogP contribution in [-0.4, -0.2) is 13.8 Å². The second kappa shape index (κ2) is 3.68. The van der Waals surface area contributed by atoms with E-state index in [0.717, 1.165) is 11.3 Å². The molecule has 0 radical (unpaired) electrons. The third-order valence-electron chi connectivity index (χ3n) is 2.33. The minimum atomic E-state index is -4.74. The Morgan fingerprint density at radius 2 is 1.93 bits per heavy atom. The highest BCUT2D eigenvalue weighted by Gasteiger charge is 2.30. The number of anilines is 1. The zero-order valence-electron chi connectivity index (χ0n) is 7.96. The lowest BCUT2D eigenvalue weighted by Crippen LogP contribution is -2.33. The van der Waals surface area contributed by atoms with E-state index in [4.69, 9.17) is 0 Å². The van der Waals surface area contributed by atoms with Gasteiger partial charge in [-0.05, 0) is 11.6 Å². The van der Waals surface area contributed by atoms with Crippen molar-refractivity contribution >= 4 is 25.6 Å². The Balaban J connectivity index is 2.13. The van der Waals surface area contributed by atoms with Crippen molar-refractivity contribution in [3.8, 4) is 0 Å². The first-order chi connectivity index (χ1) is 7.04. The van der Waals surface area contributed by atoms with E-state index in [1.807, 2.05) is 12.1 Å². The molecule has 1 aliphatic heterocycles. The van der Waals surface area contributed by atoms with Crippen molar-refractivity contribution in [1.82, 2.24) is 0 Å². The largest absolute Gasteiger partial charge is 0.473 e. The van der Waals surface area contributed by atoms with Crippen LogP contribution in [0.1, 0.15) is 5.56 Å². The molecule has 0 unspecified atom stereocenters. The summed E-state index contributed by atoms with van der Waals surface area (Å²) in [7, 11) is 0. The Morgan fingerprint density at radius 3 is 2.67 bits per heavy atom. The topological polar surface area (TPSA) is 12.0 Å². The molecule has 1 aromatic carbocycles. The summed E-state index contributed by atoms with van der Waals surface area (Å²) in [5, 5.41) is 2.86. The van der Waals surface area contributed by atoms with Gasteiger partial charge in [0.2, 0.25) is 0 Å². The minimum absolute atomic E-state index is 0.625. The highest BCUT2D eigenvalue weighted by Crippen LogP contribution is 2.25. The van der Waals surface area contributed by atoms with Crippen molar-refractivity contribution in [2.24, 2.45) is 0 Å². The molecular formula is C9H9B2F3N-. The lowest BCUT2D eigenvalue weighted by atomic mass is 9.47. The Hall–Kier alpha value is -1.32. The summed E-state index contributed by atoms with van der Waals surface area (Å²) in [6.45, 7) is -5.36. The summed E-state index contributed by atoms with van der Waals surface area (Å²) in [5.74, 6) is 1.57. The van der Waals surface area contributed by atoms with Crippen LogP contribution in [0.2, 0.25) is 6.22 Å². The monoisotopic (exact) mass is 210 g/mol. The highest BCUT2D eigenvalue weighted by atomic mass is 19.4. The molecule has 1 aliphatic rings. The molecule has 0 bridgehead atoms. The first-order valence-corrected chi connectivity index (χ1v) is 4.79. The molecule has 0 aliphatic carbocycles. The van der Waals surface area contributed by atoms with Gasteiger partial charge in [-0.2, -0.15) is 0 Å². The van der Waals surface area contributed by atoms with Gasteiger partial charge in [0, 0.05) is 5.69 Å². The molecule has 78 valence electrons. The highest BCUT2D eigenvalue weighted by molar-refractivity contribution is 6.82. The molecule has 1 aromatic rings. The van der Waals surface area contributed by atoms with Crippen LogP contribution >= 0.6 is 0 Å². The molecule has 0 spiro atoms. The maximum Gasteiger partial charge on any atom is 0.473 e. The van der Waals surface area contributed by atoms with Gasteiger partial charge in [-0.25, -0.2) is 0 Å². The number of rotatable bonds is 2. The molecule has 0 saturated carbocycles. The summed E-state index contributed by atoms with van der Waals surface area (Å²) >= 11 is 0. The zero-order chi connectivity index (χ0) is 10.9. The third kappa shape index (κ3) is 2.58. The number of benzene rings is 1. The Labute approximate surface area is 86.5 Å². The van der Waals surface area contributed by atoms with Crippen LogP contribution in [0.25, 0.3) is 6.08 Å².